The molecule has 0 fully saturated rings. The number of benzene rings is 2. The van der Waals surface area contributed by atoms with E-state index in [1.165, 1.54) is 0 Å². The van der Waals surface area contributed by atoms with Crippen LogP contribution in [-0.2, 0) is 27.8 Å². The molecule has 2 aromatic rings. The zero-order chi connectivity index (χ0) is 19.8. The van der Waals surface area contributed by atoms with Gasteiger partial charge in [0.05, 0.1) is 9.92 Å². The van der Waals surface area contributed by atoms with Crippen LogP contribution in [0.25, 0.3) is 0 Å². The van der Waals surface area contributed by atoms with Crippen LogP contribution < -0.4 is 4.72 Å². The molecule has 1 aliphatic rings. The predicted octanol–water partition coefficient (Wildman–Crippen LogP) is 3.82. The summed E-state index contributed by atoms with van der Waals surface area (Å²) in [4.78, 5) is 13.9. The molecule has 1 aliphatic heterocycles. The molecular weight excluding hydrogens is 391 g/mol. The van der Waals surface area contributed by atoms with Crippen molar-refractivity contribution in [2.24, 2.45) is 5.92 Å². The summed E-state index contributed by atoms with van der Waals surface area (Å²) in [6, 6.07) is 8.52. The second-order valence-corrected chi connectivity index (χ2v) is 8.92. The van der Waals surface area contributed by atoms with Crippen LogP contribution in [-0.4, -0.2) is 25.8 Å². The number of carbonyl (C=O) groups excluding carboxylic acids is 1. The highest BCUT2D eigenvalue weighted by Crippen LogP contribution is 2.26. The average Bonchev–Trinajstić information content (AvgIpc) is 2.62. The van der Waals surface area contributed by atoms with E-state index in [4.69, 9.17) is 11.6 Å². The molecular formula is C19H20ClFN2O3S. The summed E-state index contributed by atoms with van der Waals surface area (Å²) in [7, 11) is -3.90. The molecule has 1 N–H and O–H groups in total. The average molecular weight is 411 g/mol. The predicted molar refractivity (Wildman–Crippen MR) is 103 cm³/mol. The number of rotatable bonds is 4. The molecule has 0 saturated heterocycles. The lowest BCUT2D eigenvalue weighted by molar-refractivity contribution is -0.135. The molecule has 2 aromatic carbocycles. The van der Waals surface area contributed by atoms with Crippen molar-refractivity contribution in [1.82, 2.24) is 4.90 Å². The van der Waals surface area contributed by atoms with Crippen molar-refractivity contribution in [2.75, 3.05) is 11.3 Å². The Hall–Kier alpha value is -2.12. The van der Waals surface area contributed by atoms with E-state index in [2.05, 4.69) is 4.72 Å². The molecule has 1 heterocycles. The van der Waals surface area contributed by atoms with Crippen molar-refractivity contribution >= 4 is 33.2 Å². The van der Waals surface area contributed by atoms with Gasteiger partial charge in [-0.2, -0.15) is 0 Å². The lowest BCUT2D eigenvalue weighted by atomic mass is 9.98. The van der Waals surface area contributed by atoms with E-state index < -0.39 is 15.8 Å². The first kappa shape index (κ1) is 19.6. The number of fused-ring (bicyclic) bond motifs is 1. The fourth-order valence-electron chi connectivity index (χ4n) is 3.03. The lowest BCUT2D eigenvalue weighted by Gasteiger charge is -2.30. The molecule has 27 heavy (non-hydrogen) atoms. The second-order valence-electron chi connectivity index (χ2n) is 6.83. The van der Waals surface area contributed by atoms with Gasteiger partial charge in [-0.25, -0.2) is 12.8 Å². The normalized spacial score (nSPS) is 14.2. The van der Waals surface area contributed by atoms with Crippen LogP contribution in [0, 0.1) is 11.7 Å². The summed E-state index contributed by atoms with van der Waals surface area (Å²) < 4.78 is 40.8. The molecule has 3 rings (SSSR count). The van der Waals surface area contributed by atoms with Gasteiger partial charge in [-0.3, -0.25) is 9.52 Å². The summed E-state index contributed by atoms with van der Waals surface area (Å²) in [6.45, 7) is 4.82. The first-order valence-electron chi connectivity index (χ1n) is 8.56. The minimum atomic E-state index is -3.90. The molecule has 1 amide bonds. The van der Waals surface area contributed by atoms with Gasteiger partial charge in [-0.15, -0.1) is 0 Å². The quantitative estimate of drug-likeness (QED) is 0.833. The molecule has 0 aromatic heterocycles. The SMILES string of the molecule is CC(C)C(=O)N1CCc2ccc(NS(=O)(=O)c3ccc(F)c(Cl)c3)cc2C1. The molecule has 5 nitrogen and oxygen atoms in total. The maximum absolute atomic E-state index is 13.3. The Balaban J connectivity index is 1.84. The number of nitrogens with one attached hydrogen (secondary N) is 1. The maximum atomic E-state index is 13.3. The third-order valence-electron chi connectivity index (χ3n) is 4.48. The van der Waals surface area contributed by atoms with E-state index >= 15 is 0 Å². The smallest absolute Gasteiger partial charge is 0.261 e. The van der Waals surface area contributed by atoms with Gasteiger partial charge in [0, 0.05) is 24.7 Å². The Labute approximate surface area is 163 Å². The highest BCUT2D eigenvalue weighted by molar-refractivity contribution is 7.92. The van der Waals surface area contributed by atoms with E-state index in [0.717, 1.165) is 35.7 Å². The van der Waals surface area contributed by atoms with Crippen molar-refractivity contribution in [3.8, 4) is 0 Å². The number of amides is 1. The van der Waals surface area contributed by atoms with Gasteiger partial charge in [0.2, 0.25) is 5.91 Å². The van der Waals surface area contributed by atoms with E-state index in [0.29, 0.717) is 18.8 Å². The number of hydrogen-bond acceptors (Lipinski definition) is 3. The lowest BCUT2D eigenvalue weighted by Crippen LogP contribution is -2.38. The summed E-state index contributed by atoms with van der Waals surface area (Å²) in [5.41, 5.74) is 2.39. The van der Waals surface area contributed by atoms with E-state index in [1.807, 2.05) is 19.9 Å². The number of sulfonamides is 1. The Bertz CT molecular complexity index is 992. The van der Waals surface area contributed by atoms with Crippen LogP contribution in [0.15, 0.2) is 41.3 Å². The molecule has 0 spiro atoms. The second kappa shape index (κ2) is 7.48. The fourth-order valence-corrected chi connectivity index (χ4v) is 4.35. The highest BCUT2D eigenvalue weighted by Gasteiger charge is 2.23. The molecule has 0 unspecified atom stereocenters. The minimum Gasteiger partial charge on any atom is -0.338 e. The Morgan fingerprint density at radius 2 is 1.93 bits per heavy atom. The molecule has 0 radical (unpaired) electrons. The zero-order valence-corrected chi connectivity index (χ0v) is 16.6. The molecule has 0 atom stereocenters. The number of anilines is 1. The molecule has 0 saturated carbocycles. The summed E-state index contributed by atoms with van der Waals surface area (Å²) >= 11 is 5.68. The number of halogens is 2. The molecule has 0 bridgehead atoms. The highest BCUT2D eigenvalue weighted by atomic mass is 35.5. The van der Waals surface area contributed by atoms with Gasteiger partial charge in [0.25, 0.3) is 10.0 Å². The monoisotopic (exact) mass is 410 g/mol. The van der Waals surface area contributed by atoms with Gasteiger partial charge in [-0.05, 0) is 47.9 Å². The van der Waals surface area contributed by atoms with Crippen LogP contribution in [0.5, 0.6) is 0 Å². The van der Waals surface area contributed by atoms with Gasteiger partial charge < -0.3 is 4.90 Å². The zero-order valence-electron chi connectivity index (χ0n) is 15.0. The van der Waals surface area contributed by atoms with Crippen LogP contribution in [0.2, 0.25) is 5.02 Å². The van der Waals surface area contributed by atoms with E-state index in [9.17, 15) is 17.6 Å². The van der Waals surface area contributed by atoms with Crippen LogP contribution in [0.1, 0.15) is 25.0 Å². The minimum absolute atomic E-state index is 0.0765. The van der Waals surface area contributed by atoms with Gasteiger partial charge in [0.15, 0.2) is 0 Å². The summed E-state index contributed by atoms with van der Waals surface area (Å²) in [5.74, 6) is -0.691. The summed E-state index contributed by atoms with van der Waals surface area (Å²) in [6.07, 6.45) is 0.731. The van der Waals surface area contributed by atoms with Gasteiger partial charge in [0.1, 0.15) is 5.82 Å². The van der Waals surface area contributed by atoms with Crippen molar-refractivity contribution < 1.29 is 17.6 Å². The van der Waals surface area contributed by atoms with Crippen LogP contribution in [0.4, 0.5) is 10.1 Å². The Kier molecular flexibility index (Phi) is 5.44. The van der Waals surface area contributed by atoms with E-state index in [-0.39, 0.29) is 21.7 Å². The van der Waals surface area contributed by atoms with Crippen molar-refractivity contribution in [1.29, 1.82) is 0 Å². The summed E-state index contributed by atoms with van der Waals surface area (Å²) in [5, 5.41) is -0.258. The molecule has 0 aliphatic carbocycles. The molecule has 144 valence electrons. The van der Waals surface area contributed by atoms with Crippen LogP contribution in [0.3, 0.4) is 0 Å². The maximum Gasteiger partial charge on any atom is 0.261 e. The Morgan fingerprint density at radius 3 is 2.59 bits per heavy atom. The number of hydrogen-bond donors (Lipinski definition) is 1. The molecule has 8 heteroatoms. The van der Waals surface area contributed by atoms with Crippen molar-refractivity contribution in [2.45, 2.75) is 31.7 Å². The van der Waals surface area contributed by atoms with Crippen LogP contribution >= 0.6 is 11.6 Å². The topological polar surface area (TPSA) is 66.5 Å². The third-order valence-corrected chi connectivity index (χ3v) is 6.15. The fraction of sp³-hybridized carbons (Fsp3) is 0.316. The van der Waals surface area contributed by atoms with Crippen molar-refractivity contribution in [3.63, 3.8) is 0 Å². The number of carbonyl (C=O) groups is 1. The standard InChI is InChI=1S/C19H20ClFN2O3S/c1-12(2)19(24)23-8-7-13-3-4-15(9-14(13)11-23)22-27(25,26)16-5-6-18(21)17(20)10-16/h3-6,9-10,12,22H,7-8,11H2,1-2H3. The first-order chi connectivity index (χ1) is 12.7. The number of nitrogens with zero attached hydrogens (tertiary/aromatic N) is 1. The first-order valence-corrected chi connectivity index (χ1v) is 10.4. The van der Waals surface area contributed by atoms with Crippen molar-refractivity contribution in [3.05, 3.63) is 58.4 Å². The third kappa shape index (κ3) is 4.25. The van der Waals surface area contributed by atoms with Gasteiger partial charge in [-0.1, -0.05) is 31.5 Å². The Morgan fingerprint density at radius 1 is 1.19 bits per heavy atom. The largest absolute Gasteiger partial charge is 0.338 e. The van der Waals surface area contributed by atoms with E-state index in [1.54, 1.807) is 17.0 Å². The van der Waals surface area contributed by atoms with Gasteiger partial charge >= 0.3 is 0 Å².